The molecule has 0 spiro atoms. The van der Waals surface area contributed by atoms with Crippen molar-refractivity contribution in [2.24, 2.45) is 0 Å². The molecule has 0 amide bonds. The Bertz CT molecular complexity index is 789. The third-order valence-corrected chi connectivity index (χ3v) is 5.06. The molecule has 0 aromatic heterocycles. The quantitative estimate of drug-likeness (QED) is 0.948. The number of para-hydroxylation sites is 1. The van der Waals surface area contributed by atoms with Gasteiger partial charge in [0.05, 0.1) is 10.9 Å². The number of hydrogen-bond donors (Lipinski definition) is 1. The molecule has 4 nitrogen and oxygen atoms in total. The van der Waals surface area contributed by atoms with Gasteiger partial charge in [-0.2, -0.15) is 0 Å². The third-order valence-electron chi connectivity index (χ3n) is 3.42. The van der Waals surface area contributed by atoms with Crippen molar-refractivity contribution in [1.29, 1.82) is 0 Å². The predicted octanol–water partition coefficient (Wildman–Crippen LogP) is 2.55. The van der Waals surface area contributed by atoms with Gasteiger partial charge in [-0.1, -0.05) is 18.2 Å². The molecule has 0 bridgehead atoms. The van der Waals surface area contributed by atoms with Gasteiger partial charge < -0.3 is 4.74 Å². The van der Waals surface area contributed by atoms with Crippen molar-refractivity contribution in [2.75, 3.05) is 6.61 Å². The van der Waals surface area contributed by atoms with E-state index in [1.807, 2.05) is 18.2 Å². The summed E-state index contributed by atoms with van der Waals surface area (Å²) in [6.07, 6.45) is 0. The molecule has 2 aromatic rings. The predicted molar refractivity (Wildman–Crippen MR) is 76.1 cm³/mol. The lowest BCUT2D eigenvalue weighted by Crippen LogP contribution is -2.30. The van der Waals surface area contributed by atoms with Gasteiger partial charge in [0.1, 0.15) is 18.2 Å². The summed E-state index contributed by atoms with van der Waals surface area (Å²) in [4.78, 5) is 0.0771. The van der Waals surface area contributed by atoms with Crippen LogP contribution < -0.4 is 9.46 Å². The Hall–Kier alpha value is -1.92. The van der Waals surface area contributed by atoms with Crippen molar-refractivity contribution in [1.82, 2.24) is 4.72 Å². The molecule has 0 saturated heterocycles. The number of fused-ring (bicyclic) bond motifs is 1. The van der Waals surface area contributed by atoms with E-state index >= 15 is 0 Å². The smallest absolute Gasteiger partial charge is 0.241 e. The Labute approximate surface area is 122 Å². The highest BCUT2D eigenvalue weighted by Gasteiger charge is 2.29. The van der Waals surface area contributed by atoms with Gasteiger partial charge in [0.15, 0.2) is 0 Å². The minimum Gasteiger partial charge on any atom is -0.491 e. The molecule has 1 aliphatic rings. The van der Waals surface area contributed by atoms with Crippen LogP contribution in [0.25, 0.3) is 0 Å². The summed E-state index contributed by atoms with van der Waals surface area (Å²) >= 11 is 0. The number of sulfonamides is 1. The summed E-state index contributed by atoms with van der Waals surface area (Å²) in [5.74, 6) is 0.224. The number of aryl methyl sites for hydroxylation is 1. The van der Waals surface area contributed by atoms with Gasteiger partial charge in [-0.25, -0.2) is 17.5 Å². The summed E-state index contributed by atoms with van der Waals surface area (Å²) in [5.41, 5.74) is 1.18. The first kappa shape index (κ1) is 14.0. The highest BCUT2D eigenvalue weighted by Crippen LogP contribution is 2.33. The Morgan fingerprint density at radius 1 is 1.24 bits per heavy atom. The fourth-order valence-electron chi connectivity index (χ4n) is 2.43. The van der Waals surface area contributed by atoms with E-state index in [0.717, 1.165) is 11.6 Å². The van der Waals surface area contributed by atoms with E-state index in [1.54, 1.807) is 13.0 Å². The van der Waals surface area contributed by atoms with Gasteiger partial charge in [-0.05, 0) is 36.8 Å². The van der Waals surface area contributed by atoms with Crippen molar-refractivity contribution >= 4 is 10.0 Å². The Kier molecular flexibility index (Phi) is 3.43. The zero-order chi connectivity index (χ0) is 15.0. The Balaban J connectivity index is 1.91. The van der Waals surface area contributed by atoms with Gasteiger partial charge in [0.2, 0.25) is 10.0 Å². The zero-order valence-corrected chi connectivity index (χ0v) is 12.2. The van der Waals surface area contributed by atoms with Crippen LogP contribution in [0.15, 0.2) is 47.4 Å². The topological polar surface area (TPSA) is 55.4 Å². The van der Waals surface area contributed by atoms with Crippen LogP contribution >= 0.6 is 0 Å². The minimum absolute atomic E-state index is 0.0771. The van der Waals surface area contributed by atoms with Gasteiger partial charge in [-0.15, -0.1) is 0 Å². The van der Waals surface area contributed by atoms with Crippen LogP contribution in [0, 0.1) is 12.7 Å². The second-order valence-electron chi connectivity index (χ2n) is 4.93. The molecule has 6 heteroatoms. The lowest BCUT2D eigenvalue weighted by atomic mass is 10.1. The van der Waals surface area contributed by atoms with Crippen LogP contribution in [0.4, 0.5) is 4.39 Å². The molecule has 2 aromatic carbocycles. The summed E-state index contributed by atoms with van der Waals surface area (Å²) in [7, 11) is -3.73. The Morgan fingerprint density at radius 3 is 2.76 bits per heavy atom. The van der Waals surface area contributed by atoms with Crippen LogP contribution in [0.1, 0.15) is 17.2 Å². The van der Waals surface area contributed by atoms with E-state index in [4.69, 9.17) is 4.74 Å². The van der Waals surface area contributed by atoms with E-state index in [9.17, 15) is 12.8 Å². The lowest BCUT2D eigenvalue weighted by molar-refractivity contribution is 0.325. The number of rotatable bonds is 3. The second-order valence-corrected chi connectivity index (χ2v) is 6.61. The number of ether oxygens (including phenoxy) is 1. The van der Waals surface area contributed by atoms with Crippen LogP contribution in [0.3, 0.4) is 0 Å². The first-order valence-electron chi connectivity index (χ1n) is 6.47. The molecule has 0 aliphatic carbocycles. The number of halogens is 1. The van der Waals surface area contributed by atoms with Crippen LogP contribution in [0.2, 0.25) is 0 Å². The maximum Gasteiger partial charge on any atom is 0.241 e. The molecule has 21 heavy (non-hydrogen) atoms. The summed E-state index contributed by atoms with van der Waals surface area (Å²) in [6.45, 7) is 1.82. The number of hydrogen-bond acceptors (Lipinski definition) is 3. The van der Waals surface area contributed by atoms with Crippen molar-refractivity contribution in [3.8, 4) is 5.75 Å². The van der Waals surface area contributed by atoms with Crippen molar-refractivity contribution in [2.45, 2.75) is 17.9 Å². The van der Waals surface area contributed by atoms with Gasteiger partial charge in [0, 0.05) is 5.56 Å². The molecule has 1 aliphatic heterocycles. The molecule has 1 heterocycles. The molecular formula is C15H14FNO3S. The van der Waals surface area contributed by atoms with E-state index in [1.165, 1.54) is 12.1 Å². The van der Waals surface area contributed by atoms with E-state index < -0.39 is 21.9 Å². The van der Waals surface area contributed by atoms with Crippen molar-refractivity contribution in [3.63, 3.8) is 0 Å². The molecule has 0 radical (unpaired) electrons. The van der Waals surface area contributed by atoms with E-state index in [2.05, 4.69) is 4.72 Å². The van der Waals surface area contributed by atoms with Crippen molar-refractivity contribution < 1.29 is 17.5 Å². The molecule has 1 atom stereocenters. The number of benzene rings is 2. The standard InChI is InChI=1S/C15H14FNO3S/c1-10-8-11(16)6-7-15(10)21(18,19)17-13-9-20-14-5-3-2-4-12(13)14/h2-8,13,17H,9H2,1H3. The zero-order valence-electron chi connectivity index (χ0n) is 11.3. The Morgan fingerprint density at radius 2 is 2.00 bits per heavy atom. The fraction of sp³-hybridized carbons (Fsp3) is 0.200. The van der Waals surface area contributed by atoms with E-state index in [0.29, 0.717) is 11.3 Å². The third kappa shape index (κ3) is 2.64. The van der Waals surface area contributed by atoms with Gasteiger partial charge in [-0.3, -0.25) is 0 Å². The average Bonchev–Trinajstić information content (AvgIpc) is 2.81. The monoisotopic (exact) mass is 307 g/mol. The van der Waals surface area contributed by atoms with Gasteiger partial charge >= 0.3 is 0 Å². The fourth-order valence-corrected chi connectivity index (χ4v) is 3.85. The summed E-state index contributed by atoms with van der Waals surface area (Å²) < 4.78 is 46.1. The van der Waals surface area contributed by atoms with Crippen LogP contribution in [0.5, 0.6) is 5.75 Å². The van der Waals surface area contributed by atoms with Crippen LogP contribution in [-0.2, 0) is 10.0 Å². The summed E-state index contributed by atoms with van der Waals surface area (Å²) in [5, 5.41) is 0. The van der Waals surface area contributed by atoms with E-state index in [-0.39, 0.29) is 11.5 Å². The maximum absolute atomic E-state index is 13.1. The van der Waals surface area contributed by atoms with Crippen molar-refractivity contribution in [3.05, 3.63) is 59.4 Å². The first-order chi connectivity index (χ1) is 9.97. The molecular weight excluding hydrogens is 293 g/mol. The first-order valence-corrected chi connectivity index (χ1v) is 7.96. The van der Waals surface area contributed by atoms with Gasteiger partial charge in [0.25, 0.3) is 0 Å². The average molecular weight is 307 g/mol. The molecule has 0 saturated carbocycles. The minimum atomic E-state index is -3.73. The second kappa shape index (κ2) is 5.13. The maximum atomic E-state index is 13.1. The molecule has 3 rings (SSSR count). The SMILES string of the molecule is Cc1cc(F)ccc1S(=O)(=O)NC1COc2ccccc21. The highest BCUT2D eigenvalue weighted by atomic mass is 32.2. The molecule has 110 valence electrons. The molecule has 1 N–H and O–H groups in total. The molecule has 0 fully saturated rings. The lowest BCUT2D eigenvalue weighted by Gasteiger charge is -2.14. The summed E-state index contributed by atoms with van der Waals surface area (Å²) in [6, 6.07) is 10.5. The normalized spacial score (nSPS) is 17.3. The number of nitrogens with one attached hydrogen (secondary N) is 1. The van der Waals surface area contributed by atoms with Crippen LogP contribution in [-0.4, -0.2) is 15.0 Å². The molecule has 1 unspecified atom stereocenters. The highest BCUT2D eigenvalue weighted by molar-refractivity contribution is 7.89. The largest absolute Gasteiger partial charge is 0.491 e.